The molecule has 7 heteroatoms. The molecule has 25 heavy (non-hydrogen) atoms. The fourth-order valence-electron chi connectivity index (χ4n) is 3.59. The smallest absolute Gasteiger partial charge is 0.308 e. The first-order valence-electron chi connectivity index (χ1n) is 8.41. The minimum atomic E-state index is -0.878. The number of carbonyl (C=O) groups excluding carboxylic acids is 1. The number of nitrogens with zero attached hydrogens (tertiary/aromatic N) is 3. The van der Waals surface area contributed by atoms with E-state index in [1.807, 2.05) is 30.3 Å². The van der Waals surface area contributed by atoms with Crippen molar-refractivity contribution < 1.29 is 19.4 Å². The lowest BCUT2D eigenvalue weighted by Crippen LogP contribution is -2.30. The third kappa shape index (κ3) is 2.86. The summed E-state index contributed by atoms with van der Waals surface area (Å²) >= 11 is 0. The van der Waals surface area contributed by atoms with Crippen molar-refractivity contribution in [2.75, 3.05) is 19.7 Å². The van der Waals surface area contributed by atoms with Gasteiger partial charge in [-0.1, -0.05) is 30.3 Å². The molecule has 2 atom stereocenters. The molecule has 1 amide bonds. The van der Waals surface area contributed by atoms with Crippen molar-refractivity contribution in [1.82, 2.24) is 14.7 Å². The average molecular weight is 341 g/mol. The third-order valence-corrected chi connectivity index (χ3v) is 4.88. The Bertz CT molecular complexity index is 778. The first-order chi connectivity index (χ1) is 12.1. The molecule has 0 bridgehead atoms. The lowest BCUT2D eigenvalue weighted by Gasteiger charge is -2.15. The molecule has 1 fully saturated rings. The number of carboxylic acid groups (broad SMARTS) is 1. The summed E-state index contributed by atoms with van der Waals surface area (Å²) in [5.74, 6) is -1.34. The quantitative estimate of drug-likeness (QED) is 0.917. The van der Waals surface area contributed by atoms with E-state index in [0.29, 0.717) is 24.7 Å². The second-order valence-electron chi connectivity index (χ2n) is 6.47. The molecule has 7 nitrogen and oxygen atoms in total. The number of amides is 1. The summed E-state index contributed by atoms with van der Waals surface area (Å²) in [5.41, 5.74) is 1.26. The molecule has 0 aliphatic carbocycles. The van der Waals surface area contributed by atoms with Crippen molar-refractivity contribution in [3.63, 3.8) is 0 Å². The number of rotatable bonds is 3. The lowest BCUT2D eigenvalue weighted by molar-refractivity contribution is -0.141. The van der Waals surface area contributed by atoms with Crippen LogP contribution in [0, 0.1) is 5.92 Å². The number of hydrogen-bond acceptors (Lipinski definition) is 4. The average Bonchev–Trinajstić information content (AvgIpc) is 3.26. The van der Waals surface area contributed by atoms with Gasteiger partial charge in [-0.05, 0) is 5.56 Å². The summed E-state index contributed by atoms with van der Waals surface area (Å²) in [7, 11) is 0. The van der Waals surface area contributed by atoms with Gasteiger partial charge in [0.15, 0.2) is 5.69 Å². The van der Waals surface area contributed by atoms with Crippen molar-refractivity contribution in [1.29, 1.82) is 0 Å². The van der Waals surface area contributed by atoms with Gasteiger partial charge in [-0.15, -0.1) is 0 Å². The number of aryl methyl sites for hydroxylation is 1. The van der Waals surface area contributed by atoms with Crippen molar-refractivity contribution in [2.45, 2.75) is 18.9 Å². The minimum Gasteiger partial charge on any atom is -0.481 e. The zero-order valence-corrected chi connectivity index (χ0v) is 13.7. The number of aromatic nitrogens is 2. The molecule has 2 aliphatic rings. The number of carboxylic acids is 1. The van der Waals surface area contributed by atoms with Crippen LogP contribution in [0.3, 0.4) is 0 Å². The van der Waals surface area contributed by atoms with E-state index < -0.39 is 11.9 Å². The number of hydrogen-bond donors (Lipinski definition) is 1. The molecule has 130 valence electrons. The predicted molar refractivity (Wildman–Crippen MR) is 88.6 cm³/mol. The Hall–Kier alpha value is -2.83. The van der Waals surface area contributed by atoms with Gasteiger partial charge in [0.1, 0.15) is 0 Å². The summed E-state index contributed by atoms with van der Waals surface area (Å²) < 4.78 is 7.19. The second kappa shape index (κ2) is 6.23. The van der Waals surface area contributed by atoms with E-state index in [1.165, 1.54) is 0 Å². The number of likely N-dealkylation sites (tertiary alicyclic amines) is 1. The monoisotopic (exact) mass is 341 g/mol. The van der Waals surface area contributed by atoms with Crippen molar-refractivity contribution >= 4 is 11.9 Å². The van der Waals surface area contributed by atoms with Crippen LogP contribution in [-0.2, 0) is 11.3 Å². The highest BCUT2D eigenvalue weighted by molar-refractivity contribution is 5.93. The van der Waals surface area contributed by atoms with Crippen LogP contribution in [0.4, 0.5) is 0 Å². The highest BCUT2D eigenvalue weighted by atomic mass is 16.5. The Morgan fingerprint density at radius 2 is 2.00 bits per heavy atom. The molecular formula is C18H19N3O4. The van der Waals surface area contributed by atoms with Gasteiger partial charge in [0.25, 0.3) is 5.91 Å². The van der Waals surface area contributed by atoms with E-state index >= 15 is 0 Å². The third-order valence-electron chi connectivity index (χ3n) is 4.88. The standard InChI is InChI=1S/C18H19N3O4/c22-17(15-9-16-21(19-15)7-4-8-25-16)20-10-13(14(11-20)18(23)24)12-5-2-1-3-6-12/h1-3,5-6,9,13-14H,4,7-8,10-11H2,(H,23,24)/t13-,14-/m1/s1. The maximum Gasteiger partial charge on any atom is 0.308 e. The molecule has 4 rings (SSSR count). The number of ether oxygens (including phenoxy) is 1. The van der Waals surface area contributed by atoms with Crippen LogP contribution in [0.15, 0.2) is 36.4 Å². The van der Waals surface area contributed by atoms with Crippen LogP contribution < -0.4 is 4.74 Å². The van der Waals surface area contributed by atoms with Crippen LogP contribution in [0.5, 0.6) is 5.88 Å². The molecule has 1 N–H and O–H groups in total. The maximum absolute atomic E-state index is 12.8. The first-order valence-corrected chi connectivity index (χ1v) is 8.41. The van der Waals surface area contributed by atoms with Gasteiger partial charge in [-0.2, -0.15) is 5.10 Å². The summed E-state index contributed by atoms with van der Waals surface area (Å²) in [6, 6.07) is 11.1. The Morgan fingerprint density at radius 1 is 1.20 bits per heavy atom. The molecule has 3 heterocycles. The molecule has 0 spiro atoms. The van der Waals surface area contributed by atoms with Gasteiger partial charge in [0.2, 0.25) is 5.88 Å². The van der Waals surface area contributed by atoms with Gasteiger partial charge in [-0.3, -0.25) is 9.59 Å². The van der Waals surface area contributed by atoms with Gasteiger partial charge >= 0.3 is 5.97 Å². The van der Waals surface area contributed by atoms with E-state index in [9.17, 15) is 14.7 Å². The van der Waals surface area contributed by atoms with Gasteiger partial charge < -0.3 is 14.7 Å². The zero-order valence-electron chi connectivity index (χ0n) is 13.7. The minimum absolute atomic E-state index is 0.191. The molecule has 2 aromatic rings. The SMILES string of the molecule is O=C(O)[C@@H]1CN(C(=O)c2cc3n(n2)CCCO3)C[C@@H]1c1ccccc1. The number of fused-ring (bicyclic) bond motifs is 1. The van der Waals surface area contributed by atoms with Crippen LogP contribution in [0.1, 0.15) is 28.4 Å². The van der Waals surface area contributed by atoms with Crippen molar-refractivity contribution in [3.8, 4) is 5.88 Å². The second-order valence-corrected chi connectivity index (χ2v) is 6.47. The van der Waals surface area contributed by atoms with Gasteiger partial charge in [0.05, 0.1) is 12.5 Å². The highest BCUT2D eigenvalue weighted by Crippen LogP contribution is 2.34. The van der Waals surface area contributed by atoms with E-state index in [4.69, 9.17) is 4.74 Å². The predicted octanol–water partition coefficient (Wildman–Crippen LogP) is 1.61. The van der Waals surface area contributed by atoms with E-state index in [-0.39, 0.29) is 18.4 Å². The van der Waals surface area contributed by atoms with Crippen LogP contribution >= 0.6 is 0 Å². The van der Waals surface area contributed by atoms with Crippen molar-refractivity contribution in [3.05, 3.63) is 47.7 Å². The highest BCUT2D eigenvalue weighted by Gasteiger charge is 2.41. The summed E-state index contributed by atoms with van der Waals surface area (Å²) in [5, 5.41) is 13.9. The topological polar surface area (TPSA) is 84.7 Å². The van der Waals surface area contributed by atoms with Crippen molar-refractivity contribution in [2.24, 2.45) is 5.92 Å². The molecule has 0 unspecified atom stereocenters. The molecule has 0 radical (unpaired) electrons. The molecule has 2 aliphatic heterocycles. The maximum atomic E-state index is 12.8. The number of aliphatic carboxylic acids is 1. The van der Waals surface area contributed by atoms with Crippen LogP contribution in [-0.4, -0.2) is 51.4 Å². The van der Waals surface area contributed by atoms with Crippen LogP contribution in [0.2, 0.25) is 0 Å². The molecule has 0 saturated carbocycles. The van der Waals surface area contributed by atoms with E-state index in [2.05, 4.69) is 5.10 Å². The first kappa shape index (κ1) is 15.7. The normalized spacial score (nSPS) is 22.3. The molecule has 1 aromatic heterocycles. The Kier molecular flexibility index (Phi) is 3.91. The number of benzene rings is 1. The van der Waals surface area contributed by atoms with Crippen LogP contribution in [0.25, 0.3) is 0 Å². The Labute approximate surface area is 144 Å². The summed E-state index contributed by atoms with van der Waals surface area (Å²) in [6.07, 6.45) is 0.864. The van der Waals surface area contributed by atoms with E-state index in [0.717, 1.165) is 18.5 Å². The molecule has 1 aromatic carbocycles. The Balaban J connectivity index is 1.57. The fourth-order valence-corrected chi connectivity index (χ4v) is 3.59. The Morgan fingerprint density at radius 3 is 2.72 bits per heavy atom. The number of carbonyl (C=O) groups is 2. The largest absolute Gasteiger partial charge is 0.481 e. The fraction of sp³-hybridized carbons (Fsp3) is 0.389. The molecular weight excluding hydrogens is 322 g/mol. The summed E-state index contributed by atoms with van der Waals surface area (Å²) in [6.45, 7) is 1.92. The van der Waals surface area contributed by atoms with Gasteiger partial charge in [-0.25, -0.2) is 4.68 Å². The molecule has 1 saturated heterocycles. The van der Waals surface area contributed by atoms with Gasteiger partial charge in [0, 0.05) is 38.0 Å². The lowest BCUT2D eigenvalue weighted by atomic mass is 9.89. The van der Waals surface area contributed by atoms with E-state index in [1.54, 1.807) is 15.6 Å². The summed E-state index contributed by atoms with van der Waals surface area (Å²) in [4.78, 5) is 26.1. The zero-order chi connectivity index (χ0) is 17.4.